The predicted molar refractivity (Wildman–Crippen MR) is 65.9 cm³/mol. The second-order valence-corrected chi connectivity index (χ2v) is 6.13. The quantitative estimate of drug-likeness (QED) is 0.896. The van der Waals surface area contributed by atoms with Crippen LogP contribution in [0.1, 0.15) is 25.7 Å². The lowest BCUT2D eigenvalue weighted by Gasteiger charge is -2.25. The van der Waals surface area contributed by atoms with Gasteiger partial charge in [0.2, 0.25) is 0 Å². The molecule has 1 N–H and O–H groups in total. The molecule has 0 aliphatic heterocycles. The third-order valence-corrected chi connectivity index (χ3v) is 4.58. The lowest BCUT2D eigenvalue weighted by molar-refractivity contribution is 0.361. The minimum Gasteiger partial charge on any atom is -0.243 e. The summed E-state index contributed by atoms with van der Waals surface area (Å²) in [5.74, 6) is 0.0700. The Morgan fingerprint density at radius 3 is 2.56 bits per heavy atom. The Hall–Kier alpha value is -1.45. The van der Waals surface area contributed by atoms with E-state index < -0.39 is 10.0 Å². The van der Waals surface area contributed by atoms with E-state index in [2.05, 4.69) is 15.8 Å². The Morgan fingerprint density at radius 2 is 2.00 bits per heavy atom. The van der Waals surface area contributed by atoms with Gasteiger partial charge in [-0.3, -0.25) is 0 Å². The summed E-state index contributed by atoms with van der Waals surface area (Å²) >= 11 is 0. The molecule has 1 aromatic rings. The van der Waals surface area contributed by atoms with Gasteiger partial charge in [0.05, 0.1) is 6.07 Å². The molecule has 6 heteroatoms. The van der Waals surface area contributed by atoms with Gasteiger partial charge in [0.15, 0.2) is 5.03 Å². The van der Waals surface area contributed by atoms with Gasteiger partial charge >= 0.3 is 0 Å². The molecule has 2 rings (SSSR count). The van der Waals surface area contributed by atoms with Gasteiger partial charge < -0.3 is 0 Å². The fourth-order valence-corrected chi connectivity index (χ4v) is 3.38. The van der Waals surface area contributed by atoms with Crippen molar-refractivity contribution in [1.82, 2.24) is 9.71 Å². The van der Waals surface area contributed by atoms with E-state index in [1.54, 1.807) is 12.1 Å². The number of rotatable bonds is 3. The lowest BCUT2D eigenvalue weighted by atomic mass is 9.88. The molecule has 0 aromatic carbocycles. The van der Waals surface area contributed by atoms with E-state index in [9.17, 15) is 8.42 Å². The van der Waals surface area contributed by atoms with Gasteiger partial charge in [0, 0.05) is 18.2 Å². The van der Waals surface area contributed by atoms with Gasteiger partial charge in [-0.1, -0.05) is 6.07 Å². The monoisotopic (exact) mass is 265 g/mol. The maximum absolute atomic E-state index is 12.0. The summed E-state index contributed by atoms with van der Waals surface area (Å²) in [6.07, 6.45) is 4.40. The highest BCUT2D eigenvalue weighted by Gasteiger charge is 2.25. The summed E-state index contributed by atoms with van der Waals surface area (Å²) in [5.41, 5.74) is 0. The van der Waals surface area contributed by atoms with Crippen LogP contribution < -0.4 is 4.72 Å². The van der Waals surface area contributed by atoms with E-state index in [1.165, 1.54) is 12.3 Å². The molecule has 1 aliphatic rings. The van der Waals surface area contributed by atoms with Crippen molar-refractivity contribution >= 4 is 10.0 Å². The van der Waals surface area contributed by atoms with Gasteiger partial charge in [-0.2, -0.15) is 5.26 Å². The molecule has 0 atom stereocenters. The summed E-state index contributed by atoms with van der Waals surface area (Å²) < 4.78 is 26.7. The highest BCUT2D eigenvalue weighted by atomic mass is 32.2. The van der Waals surface area contributed by atoms with Gasteiger partial charge in [0.25, 0.3) is 10.0 Å². The molecule has 0 saturated heterocycles. The first-order valence-corrected chi connectivity index (χ1v) is 7.43. The molecule has 0 radical (unpaired) electrons. The number of nitriles is 1. The van der Waals surface area contributed by atoms with Crippen LogP contribution in [-0.2, 0) is 10.0 Å². The van der Waals surface area contributed by atoms with Crippen molar-refractivity contribution in [1.29, 1.82) is 5.26 Å². The van der Waals surface area contributed by atoms with E-state index in [0.717, 1.165) is 12.8 Å². The van der Waals surface area contributed by atoms with Crippen molar-refractivity contribution in [2.75, 3.05) is 0 Å². The lowest BCUT2D eigenvalue weighted by Crippen LogP contribution is -2.37. The molecule has 1 saturated carbocycles. The Bertz CT molecular complexity index is 528. The zero-order chi connectivity index (χ0) is 13.0. The van der Waals surface area contributed by atoms with E-state index in [4.69, 9.17) is 5.26 Å². The molecule has 0 bridgehead atoms. The topological polar surface area (TPSA) is 82.9 Å². The molecule has 96 valence electrons. The summed E-state index contributed by atoms with van der Waals surface area (Å²) in [7, 11) is -3.53. The Labute approximate surface area is 107 Å². The standard InChI is InChI=1S/C12H15N3O2S/c13-9-10-4-6-11(7-5-10)15-18(16,17)12-3-1-2-8-14-12/h1-3,8,10-11,15H,4-7H2. The van der Waals surface area contributed by atoms with Crippen molar-refractivity contribution in [2.24, 2.45) is 5.92 Å². The summed E-state index contributed by atoms with van der Waals surface area (Å²) in [6, 6.07) is 6.95. The largest absolute Gasteiger partial charge is 0.258 e. The van der Waals surface area contributed by atoms with Gasteiger partial charge in [-0.05, 0) is 37.8 Å². The van der Waals surface area contributed by atoms with Crippen molar-refractivity contribution in [2.45, 2.75) is 36.8 Å². The minimum atomic E-state index is -3.53. The van der Waals surface area contributed by atoms with Crippen molar-refractivity contribution in [3.05, 3.63) is 24.4 Å². The van der Waals surface area contributed by atoms with E-state index in [-0.39, 0.29) is 17.0 Å². The van der Waals surface area contributed by atoms with Crippen LogP contribution in [0.2, 0.25) is 0 Å². The second kappa shape index (κ2) is 5.46. The zero-order valence-electron chi connectivity index (χ0n) is 9.91. The van der Waals surface area contributed by atoms with Crippen molar-refractivity contribution in [3.63, 3.8) is 0 Å². The average Bonchev–Trinajstić information content (AvgIpc) is 2.40. The van der Waals surface area contributed by atoms with Gasteiger partial charge in [-0.15, -0.1) is 0 Å². The minimum absolute atomic E-state index is 0.0485. The number of nitrogens with one attached hydrogen (secondary N) is 1. The van der Waals surface area contributed by atoms with Crippen LogP contribution in [0.15, 0.2) is 29.4 Å². The van der Waals surface area contributed by atoms with E-state index in [1.807, 2.05) is 0 Å². The van der Waals surface area contributed by atoms with Crippen LogP contribution in [0.25, 0.3) is 0 Å². The molecular weight excluding hydrogens is 250 g/mol. The first-order valence-electron chi connectivity index (χ1n) is 5.95. The summed E-state index contributed by atoms with van der Waals surface area (Å²) in [4.78, 5) is 3.84. The second-order valence-electron chi connectivity index (χ2n) is 4.47. The number of nitrogens with zero attached hydrogens (tertiary/aromatic N) is 2. The molecule has 1 fully saturated rings. The highest BCUT2D eigenvalue weighted by Crippen LogP contribution is 2.24. The number of pyridine rings is 1. The van der Waals surface area contributed by atoms with Gasteiger partial charge in [-0.25, -0.2) is 18.1 Å². The SMILES string of the molecule is N#CC1CCC(NS(=O)(=O)c2ccccn2)CC1. The Kier molecular flexibility index (Phi) is 3.94. The fraction of sp³-hybridized carbons (Fsp3) is 0.500. The predicted octanol–water partition coefficient (Wildman–Crippen LogP) is 1.44. The van der Waals surface area contributed by atoms with Crippen molar-refractivity contribution in [3.8, 4) is 6.07 Å². The molecule has 18 heavy (non-hydrogen) atoms. The molecule has 5 nitrogen and oxygen atoms in total. The maximum atomic E-state index is 12.0. The van der Waals surface area contributed by atoms with Crippen molar-refractivity contribution < 1.29 is 8.42 Å². The maximum Gasteiger partial charge on any atom is 0.258 e. The summed E-state index contributed by atoms with van der Waals surface area (Å²) in [5, 5.41) is 8.84. The molecule has 1 heterocycles. The molecule has 0 amide bonds. The summed E-state index contributed by atoms with van der Waals surface area (Å²) in [6.45, 7) is 0. The highest BCUT2D eigenvalue weighted by molar-refractivity contribution is 7.89. The zero-order valence-corrected chi connectivity index (χ0v) is 10.7. The number of hydrogen-bond acceptors (Lipinski definition) is 4. The molecule has 1 aromatic heterocycles. The Morgan fingerprint density at radius 1 is 1.28 bits per heavy atom. The molecule has 0 unspecified atom stereocenters. The fourth-order valence-electron chi connectivity index (χ4n) is 2.13. The van der Waals surface area contributed by atoms with Crippen LogP contribution in [-0.4, -0.2) is 19.4 Å². The third-order valence-electron chi connectivity index (χ3n) is 3.14. The first kappa shape index (κ1) is 13.0. The molecule has 1 aliphatic carbocycles. The number of sulfonamides is 1. The van der Waals surface area contributed by atoms with Crippen LogP contribution in [0, 0.1) is 17.2 Å². The van der Waals surface area contributed by atoms with Crippen LogP contribution in [0.5, 0.6) is 0 Å². The van der Waals surface area contributed by atoms with Crippen LogP contribution >= 0.6 is 0 Å². The Balaban J connectivity index is 2.00. The van der Waals surface area contributed by atoms with Crippen LogP contribution in [0.3, 0.4) is 0 Å². The smallest absolute Gasteiger partial charge is 0.243 e. The number of aromatic nitrogens is 1. The average molecular weight is 265 g/mol. The van der Waals surface area contributed by atoms with E-state index >= 15 is 0 Å². The van der Waals surface area contributed by atoms with Gasteiger partial charge in [0.1, 0.15) is 0 Å². The first-order chi connectivity index (χ1) is 8.62. The third kappa shape index (κ3) is 3.06. The van der Waals surface area contributed by atoms with E-state index in [0.29, 0.717) is 12.8 Å². The normalized spacial score (nSPS) is 24.4. The molecule has 0 spiro atoms. The molecular formula is C12H15N3O2S. The number of hydrogen-bond donors (Lipinski definition) is 1. The van der Waals surface area contributed by atoms with Crippen LogP contribution in [0.4, 0.5) is 0 Å².